The fraction of sp³-hybridized carbons (Fsp3) is 0.529. The molecule has 1 aromatic rings. The van der Waals surface area contributed by atoms with E-state index in [9.17, 15) is 22.8 Å². The molecule has 26 heavy (non-hydrogen) atoms. The molecule has 2 atom stereocenters. The van der Waals surface area contributed by atoms with Crippen LogP contribution in [0, 0.1) is 5.92 Å². The SMILES string of the molecule is CCC(C)C(N)C(=O)Nc1cccc(CN(CC)C(=O)C(F)(F)F)c1.Cl. The molecule has 5 nitrogen and oxygen atoms in total. The van der Waals surface area contributed by atoms with Gasteiger partial charge in [-0.3, -0.25) is 9.59 Å². The summed E-state index contributed by atoms with van der Waals surface area (Å²) in [6, 6.07) is 5.68. The number of nitrogens with two attached hydrogens (primary N) is 1. The number of hydrogen-bond donors (Lipinski definition) is 2. The smallest absolute Gasteiger partial charge is 0.331 e. The van der Waals surface area contributed by atoms with Crippen LogP contribution in [0.4, 0.5) is 18.9 Å². The molecule has 0 aliphatic rings. The lowest BCUT2D eigenvalue weighted by molar-refractivity contribution is -0.185. The van der Waals surface area contributed by atoms with Crippen LogP contribution in [0.5, 0.6) is 0 Å². The Morgan fingerprint density at radius 3 is 2.38 bits per heavy atom. The summed E-state index contributed by atoms with van der Waals surface area (Å²) < 4.78 is 37.7. The van der Waals surface area contributed by atoms with Crippen molar-refractivity contribution in [3.05, 3.63) is 29.8 Å². The van der Waals surface area contributed by atoms with Gasteiger partial charge >= 0.3 is 12.1 Å². The van der Waals surface area contributed by atoms with Crippen LogP contribution in [0.2, 0.25) is 0 Å². The molecule has 0 aliphatic carbocycles. The highest BCUT2D eigenvalue weighted by molar-refractivity contribution is 5.94. The quantitative estimate of drug-likeness (QED) is 0.743. The van der Waals surface area contributed by atoms with Gasteiger partial charge in [0.1, 0.15) is 0 Å². The molecule has 0 aliphatic heterocycles. The first kappa shape index (κ1) is 24.2. The monoisotopic (exact) mass is 395 g/mol. The molecule has 1 rings (SSSR count). The van der Waals surface area contributed by atoms with Crippen molar-refractivity contribution in [3.63, 3.8) is 0 Å². The van der Waals surface area contributed by atoms with E-state index in [1.54, 1.807) is 18.2 Å². The predicted molar refractivity (Wildman–Crippen MR) is 96.9 cm³/mol. The van der Waals surface area contributed by atoms with Crippen LogP contribution in [0.15, 0.2) is 24.3 Å². The molecule has 0 heterocycles. The van der Waals surface area contributed by atoms with Gasteiger partial charge in [0.05, 0.1) is 6.04 Å². The summed E-state index contributed by atoms with van der Waals surface area (Å²) in [7, 11) is 0. The number of benzene rings is 1. The van der Waals surface area contributed by atoms with Crippen molar-refractivity contribution in [2.45, 2.75) is 46.0 Å². The summed E-state index contributed by atoms with van der Waals surface area (Å²) in [6.07, 6.45) is -4.16. The van der Waals surface area contributed by atoms with Gasteiger partial charge in [-0.2, -0.15) is 13.2 Å². The number of nitrogens with one attached hydrogen (secondary N) is 1. The second kappa shape index (κ2) is 10.4. The zero-order valence-corrected chi connectivity index (χ0v) is 15.8. The summed E-state index contributed by atoms with van der Waals surface area (Å²) in [6.45, 7) is 4.99. The number of carbonyl (C=O) groups is 2. The molecule has 0 saturated heterocycles. The minimum Gasteiger partial charge on any atom is -0.331 e. The molecule has 9 heteroatoms. The molecule has 0 bridgehead atoms. The molecule has 1 aromatic carbocycles. The van der Waals surface area contributed by atoms with E-state index in [2.05, 4.69) is 5.32 Å². The van der Waals surface area contributed by atoms with E-state index in [0.29, 0.717) is 16.2 Å². The van der Waals surface area contributed by atoms with Crippen LogP contribution in [-0.4, -0.2) is 35.5 Å². The lowest BCUT2D eigenvalue weighted by Crippen LogP contribution is -2.41. The number of alkyl halides is 3. The van der Waals surface area contributed by atoms with E-state index >= 15 is 0 Å². The minimum absolute atomic E-state index is 0. The van der Waals surface area contributed by atoms with Gasteiger partial charge in [0.15, 0.2) is 0 Å². The standard InChI is InChI=1S/C17H24F3N3O2.ClH/c1-4-11(3)14(21)15(24)22-13-8-6-7-12(9-13)10-23(5-2)16(25)17(18,19)20;/h6-9,11,14H,4-5,10,21H2,1-3H3,(H,22,24);1H. The lowest BCUT2D eigenvalue weighted by Gasteiger charge is -2.22. The highest BCUT2D eigenvalue weighted by Crippen LogP contribution is 2.21. The Hall–Kier alpha value is -1.80. The zero-order chi connectivity index (χ0) is 19.2. The molecule has 2 amide bonds. The van der Waals surface area contributed by atoms with Crippen LogP contribution in [0.1, 0.15) is 32.8 Å². The van der Waals surface area contributed by atoms with Gasteiger partial charge in [-0.05, 0) is 30.5 Å². The first-order valence-corrected chi connectivity index (χ1v) is 8.11. The van der Waals surface area contributed by atoms with Gasteiger partial charge < -0.3 is 16.0 Å². The Balaban J connectivity index is 0.00000625. The average molecular weight is 396 g/mol. The molecule has 148 valence electrons. The molecule has 3 N–H and O–H groups in total. The molecule has 2 unspecified atom stereocenters. The van der Waals surface area contributed by atoms with E-state index in [1.807, 2.05) is 13.8 Å². The number of rotatable bonds is 7. The second-order valence-electron chi connectivity index (χ2n) is 5.92. The van der Waals surface area contributed by atoms with E-state index in [0.717, 1.165) is 6.42 Å². The van der Waals surface area contributed by atoms with E-state index in [-0.39, 0.29) is 37.3 Å². The summed E-state index contributed by atoms with van der Waals surface area (Å²) in [5, 5.41) is 2.66. The third kappa shape index (κ3) is 6.84. The van der Waals surface area contributed by atoms with Crippen LogP contribution in [0.25, 0.3) is 0 Å². The van der Waals surface area contributed by atoms with Gasteiger partial charge in [0.25, 0.3) is 0 Å². The Morgan fingerprint density at radius 1 is 1.27 bits per heavy atom. The van der Waals surface area contributed by atoms with Crippen LogP contribution in [-0.2, 0) is 16.1 Å². The highest BCUT2D eigenvalue weighted by Gasteiger charge is 2.41. The lowest BCUT2D eigenvalue weighted by atomic mass is 9.99. The maximum absolute atomic E-state index is 12.6. The van der Waals surface area contributed by atoms with Crippen molar-refractivity contribution in [3.8, 4) is 0 Å². The van der Waals surface area contributed by atoms with Crippen molar-refractivity contribution < 1.29 is 22.8 Å². The average Bonchev–Trinajstić information content (AvgIpc) is 2.57. The van der Waals surface area contributed by atoms with Crippen molar-refractivity contribution in [2.24, 2.45) is 11.7 Å². The van der Waals surface area contributed by atoms with Crippen LogP contribution < -0.4 is 11.1 Å². The largest absolute Gasteiger partial charge is 0.471 e. The Kier molecular flexibility index (Phi) is 9.66. The van der Waals surface area contributed by atoms with E-state index in [1.165, 1.54) is 13.0 Å². The topological polar surface area (TPSA) is 75.4 Å². The van der Waals surface area contributed by atoms with Crippen molar-refractivity contribution >= 4 is 29.9 Å². The number of hydrogen-bond acceptors (Lipinski definition) is 3. The maximum atomic E-state index is 12.6. The highest BCUT2D eigenvalue weighted by atomic mass is 35.5. The van der Waals surface area contributed by atoms with Crippen LogP contribution >= 0.6 is 12.4 Å². The van der Waals surface area contributed by atoms with E-state index in [4.69, 9.17) is 5.73 Å². The first-order valence-electron chi connectivity index (χ1n) is 8.11. The summed E-state index contributed by atoms with van der Waals surface area (Å²) in [4.78, 5) is 24.2. The van der Waals surface area contributed by atoms with Crippen molar-refractivity contribution in [2.75, 3.05) is 11.9 Å². The summed E-state index contributed by atoms with van der Waals surface area (Å²) >= 11 is 0. The van der Waals surface area contributed by atoms with Gasteiger partial charge in [-0.25, -0.2) is 0 Å². The fourth-order valence-electron chi connectivity index (χ4n) is 2.21. The molecule has 0 fully saturated rings. The number of nitrogens with zero attached hydrogens (tertiary/aromatic N) is 1. The number of amides is 2. The zero-order valence-electron chi connectivity index (χ0n) is 15.0. The third-order valence-corrected chi connectivity index (χ3v) is 4.04. The van der Waals surface area contributed by atoms with Gasteiger partial charge in [0, 0.05) is 18.8 Å². The van der Waals surface area contributed by atoms with E-state index < -0.39 is 18.1 Å². The second-order valence-corrected chi connectivity index (χ2v) is 5.92. The van der Waals surface area contributed by atoms with Crippen molar-refractivity contribution in [1.29, 1.82) is 0 Å². The molecule has 0 aromatic heterocycles. The number of carbonyl (C=O) groups excluding carboxylic acids is 2. The van der Waals surface area contributed by atoms with Crippen molar-refractivity contribution in [1.82, 2.24) is 4.90 Å². The predicted octanol–water partition coefficient (Wildman–Crippen LogP) is 3.33. The van der Waals surface area contributed by atoms with Gasteiger partial charge in [0.2, 0.25) is 5.91 Å². The summed E-state index contributed by atoms with van der Waals surface area (Å²) in [5.74, 6) is -2.24. The number of anilines is 1. The Bertz CT molecular complexity index is 611. The van der Waals surface area contributed by atoms with Crippen LogP contribution in [0.3, 0.4) is 0 Å². The van der Waals surface area contributed by atoms with Gasteiger partial charge in [-0.15, -0.1) is 12.4 Å². The first-order chi connectivity index (χ1) is 11.6. The summed E-state index contributed by atoms with van der Waals surface area (Å²) in [5.41, 5.74) is 6.77. The molecular formula is C17H25ClF3N3O2. The normalized spacial score (nSPS) is 13.3. The molecule has 0 radical (unpaired) electrons. The molecular weight excluding hydrogens is 371 g/mol. The minimum atomic E-state index is -4.91. The third-order valence-electron chi connectivity index (χ3n) is 4.04. The fourth-order valence-corrected chi connectivity index (χ4v) is 2.21. The van der Waals surface area contributed by atoms with Gasteiger partial charge in [-0.1, -0.05) is 32.4 Å². The Morgan fingerprint density at radius 2 is 1.88 bits per heavy atom. The molecule has 0 spiro atoms. The molecule has 0 saturated carbocycles. The number of halogens is 4. The Labute approximate surface area is 157 Å². The maximum Gasteiger partial charge on any atom is 0.471 e.